The second-order valence-corrected chi connectivity index (χ2v) is 4.18. The maximum atomic E-state index is 12.0. The number of aryl methyl sites for hydroxylation is 1. The minimum absolute atomic E-state index is 0.279. The molecule has 106 valence electrons. The Labute approximate surface area is 116 Å². The van der Waals surface area contributed by atoms with Gasteiger partial charge in [0.15, 0.2) is 11.9 Å². The summed E-state index contributed by atoms with van der Waals surface area (Å²) in [5.74, 6) is 1.05. The quantitative estimate of drug-likeness (QED) is 0.782. The fraction of sp³-hybridized carbons (Fsp3) is 0.357. The third-order valence-corrected chi connectivity index (χ3v) is 2.58. The van der Waals surface area contributed by atoms with Gasteiger partial charge in [-0.2, -0.15) is 4.98 Å². The van der Waals surface area contributed by atoms with Gasteiger partial charge in [0.1, 0.15) is 5.75 Å². The Kier molecular flexibility index (Phi) is 4.34. The van der Waals surface area contributed by atoms with Crippen LogP contribution in [0.2, 0.25) is 0 Å². The van der Waals surface area contributed by atoms with E-state index in [2.05, 4.69) is 10.1 Å². The zero-order valence-corrected chi connectivity index (χ0v) is 11.6. The Morgan fingerprint density at radius 2 is 2.05 bits per heavy atom. The minimum atomic E-state index is -0.588. The maximum absolute atomic E-state index is 12.0. The van der Waals surface area contributed by atoms with Crippen molar-refractivity contribution in [1.82, 2.24) is 10.1 Å². The Hall–Kier alpha value is -2.37. The summed E-state index contributed by atoms with van der Waals surface area (Å²) in [7, 11) is 0. The first-order chi connectivity index (χ1) is 9.60. The highest BCUT2D eigenvalue weighted by Gasteiger charge is 2.18. The van der Waals surface area contributed by atoms with Gasteiger partial charge in [0.2, 0.25) is 0 Å². The molecule has 0 spiro atoms. The normalized spacial score (nSPS) is 11.9. The first-order valence-electron chi connectivity index (χ1n) is 6.34. The van der Waals surface area contributed by atoms with Crippen molar-refractivity contribution in [2.24, 2.45) is 0 Å². The summed E-state index contributed by atoms with van der Waals surface area (Å²) in [6, 6.07) is 6.75. The molecule has 0 saturated heterocycles. The molecule has 0 amide bonds. The molecule has 0 bridgehead atoms. The smallest absolute Gasteiger partial charge is 0.338 e. The number of carbonyl (C=O) groups is 1. The number of hydrogen-bond donors (Lipinski definition) is 0. The summed E-state index contributed by atoms with van der Waals surface area (Å²) < 4.78 is 15.5. The van der Waals surface area contributed by atoms with Crippen LogP contribution in [0.25, 0.3) is 0 Å². The van der Waals surface area contributed by atoms with E-state index in [1.54, 1.807) is 38.1 Å². The van der Waals surface area contributed by atoms with Crippen LogP contribution < -0.4 is 4.74 Å². The molecule has 6 nitrogen and oxygen atoms in total. The predicted molar refractivity (Wildman–Crippen MR) is 70.5 cm³/mol. The highest BCUT2D eigenvalue weighted by atomic mass is 16.6. The summed E-state index contributed by atoms with van der Waals surface area (Å²) in [5.41, 5.74) is 0.441. The number of hydrogen-bond acceptors (Lipinski definition) is 6. The van der Waals surface area contributed by atoms with E-state index in [4.69, 9.17) is 14.0 Å². The number of carbonyl (C=O) groups excluding carboxylic acids is 1. The van der Waals surface area contributed by atoms with E-state index in [0.29, 0.717) is 23.7 Å². The van der Waals surface area contributed by atoms with Crippen molar-refractivity contribution in [3.8, 4) is 5.75 Å². The van der Waals surface area contributed by atoms with Crippen molar-refractivity contribution in [2.75, 3.05) is 6.61 Å². The molecule has 2 rings (SSSR count). The average molecular weight is 276 g/mol. The van der Waals surface area contributed by atoms with Gasteiger partial charge in [-0.25, -0.2) is 4.79 Å². The molecule has 0 fully saturated rings. The second-order valence-electron chi connectivity index (χ2n) is 4.18. The number of benzene rings is 1. The zero-order chi connectivity index (χ0) is 14.5. The fourth-order valence-electron chi connectivity index (χ4n) is 1.61. The highest BCUT2D eigenvalue weighted by Crippen LogP contribution is 2.18. The Morgan fingerprint density at radius 3 is 2.60 bits per heavy atom. The van der Waals surface area contributed by atoms with Crippen molar-refractivity contribution < 1.29 is 18.8 Å². The van der Waals surface area contributed by atoms with Gasteiger partial charge >= 0.3 is 5.97 Å². The van der Waals surface area contributed by atoms with Crippen molar-refractivity contribution in [3.63, 3.8) is 0 Å². The number of ether oxygens (including phenoxy) is 2. The number of nitrogens with zero attached hydrogens (tertiary/aromatic N) is 2. The average Bonchev–Trinajstić information content (AvgIpc) is 2.86. The number of rotatable bonds is 5. The SMILES string of the molecule is CCOc1ccc(C(=O)OC(C)c2nc(C)no2)cc1. The largest absolute Gasteiger partial charge is 0.494 e. The van der Waals surface area contributed by atoms with Crippen LogP contribution in [0.4, 0.5) is 0 Å². The molecule has 20 heavy (non-hydrogen) atoms. The summed E-state index contributed by atoms with van der Waals surface area (Å²) in [4.78, 5) is 16.0. The van der Waals surface area contributed by atoms with E-state index in [0.717, 1.165) is 0 Å². The topological polar surface area (TPSA) is 74.5 Å². The maximum Gasteiger partial charge on any atom is 0.338 e. The molecule has 0 radical (unpaired) electrons. The zero-order valence-electron chi connectivity index (χ0n) is 11.6. The third kappa shape index (κ3) is 3.34. The summed E-state index contributed by atoms with van der Waals surface area (Å²) in [5, 5.41) is 3.66. The van der Waals surface area contributed by atoms with Crippen LogP contribution in [0.1, 0.15) is 42.0 Å². The lowest BCUT2D eigenvalue weighted by molar-refractivity contribution is 0.0265. The molecule has 1 aromatic heterocycles. The molecule has 0 aliphatic rings. The van der Waals surface area contributed by atoms with Crippen LogP contribution in [0.5, 0.6) is 5.75 Å². The Morgan fingerprint density at radius 1 is 1.35 bits per heavy atom. The molecule has 0 aliphatic carbocycles. The summed E-state index contributed by atoms with van der Waals surface area (Å²) >= 11 is 0. The van der Waals surface area contributed by atoms with Crippen molar-refractivity contribution >= 4 is 5.97 Å². The van der Waals surface area contributed by atoms with Crippen LogP contribution >= 0.6 is 0 Å². The third-order valence-electron chi connectivity index (χ3n) is 2.58. The molecule has 6 heteroatoms. The molecule has 1 atom stereocenters. The molecule has 0 N–H and O–H groups in total. The van der Waals surface area contributed by atoms with Gasteiger partial charge in [-0.05, 0) is 45.0 Å². The van der Waals surface area contributed by atoms with Crippen LogP contribution in [0, 0.1) is 6.92 Å². The van der Waals surface area contributed by atoms with Gasteiger partial charge < -0.3 is 14.0 Å². The molecule has 1 unspecified atom stereocenters. The van der Waals surface area contributed by atoms with Gasteiger partial charge in [-0.1, -0.05) is 5.16 Å². The molecular formula is C14H16N2O4. The molecular weight excluding hydrogens is 260 g/mol. The summed E-state index contributed by atoms with van der Waals surface area (Å²) in [6.07, 6.45) is -0.588. The first kappa shape index (κ1) is 14.0. The predicted octanol–water partition coefficient (Wildman–Crippen LogP) is 2.69. The van der Waals surface area contributed by atoms with Gasteiger partial charge in [-0.3, -0.25) is 0 Å². The molecule has 1 aromatic carbocycles. The second kappa shape index (κ2) is 6.18. The van der Waals surface area contributed by atoms with Crippen molar-refractivity contribution in [1.29, 1.82) is 0 Å². The Bertz CT molecular complexity index is 577. The van der Waals surface area contributed by atoms with E-state index >= 15 is 0 Å². The highest BCUT2D eigenvalue weighted by molar-refractivity contribution is 5.89. The molecule has 0 aliphatic heterocycles. The van der Waals surface area contributed by atoms with Gasteiger partial charge in [0.05, 0.1) is 12.2 Å². The minimum Gasteiger partial charge on any atom is -0.494 e. The van der Waals surface area contributed by atoms with Crippen LogP contribution in [-0.4, -0.2) is 22.7 Å². The lowest BCUT2D eigenvalue weighted by atomic mass is 10.2. The van der Waals surface area contributed by atoms with E-state index in [1.165, 1.54) is 0 Å². The van der Waals surface area contributed by atoms with E-state index < -0.39 is 12.1 Å². The molecule has 0 saturated carbocycles. The number of aromatic nitrogens is 2. The van der Waals surface area contributed by atoms with Crippen molar-refractivity contribution in [2.45, 2.75) is 26.9 Å². The fourth-order valence-corrected chi connectivity index (χ4v) is 1.61. The van der Waals surface area contributed by atoms with Gasteiger partial charge in [0, 0.05) is 0 Å². The molecule has 2 aromatic rings. The van der Waals surface area contributed by atoms with E-state index in [-0.39, 0.29) is 5.89 Å². The van der Waals surface area contributed by atoms with E-state index in [1.807, 2.05) is 6.92 Å². The molecule has 1 heterocycles. The van der Waals surface area contributed by atoms with Gasteiger partial charge in [0.25, 0.3) is 5.89 Å². The monoisotopic (exact) mass is 276 g/mol. The summed E-state index contributed by atoms with van der Waals surface area (Å²) in [6.45, 7) is 5.86. The van der Waals surface area contributed by atoms with Crippen LogP contribution in [0.3, 0.4) is 0 Å². The van der Waals surface area contributed by atoms with Crippen molar-refractivity contribution in [3.05, 3.63) is 41.5 Å². The van der Waals surface area contributed by atoms with Crippen LogP contribution in [0.15, 0.2) is 28.8 Å². The standard InChI is InChI=1S/C14H16N2O4/c1-4-18-12-7-5-11(6-8-12)14(17)19-9(2)13-15-10(3)16-20-13/h5-9H,4H2,1-3H3. The van der Waals surface area contributed by atoms with Gasteiger partial charge in [-0.15, -0.1) is 0 Å². The van der Waals surface area contributed by atoms with E-state index in [9.17, 15) is 4.79 Å². The lowest BCUT2D eigenvalue weighted by Gasteiger charge is -2.09. The van der Waals surface area contributed by atoms with Crippen LogP contribution in [-0.2, 0) is 4.74 Å². The Balaban J connectivity index is 2.00. The lowest BCUT2D eigenvalue weighted by Crippen LogP contribution is -2.09. The number of esters is 1. The first-order valence-corrected chi connectivity index (χ1v) is 6.34.